The smallest absolute Gasteiger partial charge is 0.243 e. The summed E-state index contributed by atoms with van der Waals surface area (Å²) in [6.07, 6.45) is 2.51. The molecule has 0 spiro atoms. The first-order valence-electron chi connectivity index (χ1n) is 10.3. The monoisotopic (exact) mass is 404 g/mol. The summed E-state index contributed by atoms with van der Waals surface area (Å²) in [6.45, 7) is 4.05. The number of furan rings is 1. The Hall–Kier alpha value is -3.34. The van der Waals surface area contributed by atoms with Gasteiger partial charge in [0.1, 0.15) is 6.04 Å². The number of benzene rings is 2. The lowest BCUT2D eigenvalue weighted by Crippen LogP contribution is -2.49. The number of ketones is 1. The van der Waals surface area contributed by atoms with Crippen LogP contribution < -0.4 is 10.6 Å². The Kier molecular flexibility index (Phi) is 7.44. The summed E-state index contributed by atoms with van der Waals surface area (Å²) in [6, 6.07) is 21.6. The Balaban J connectivity index is 1.79. The van der Waals surface area contributed by atoms with Crippen LogP contribution in [0.2, 0.25) is 0 Å². The van der Waals surface area contributed by atoms with Crippen LogP contribution in [0.4, 0.5) is 5.69 Å². The van der Waals surface area contributed by atoms with Crippen molar-refractivity contribution in [1.29, 1.82) is 0 Å². The van der Waals surface area contributed by atoms with E-state index < -0.39 is 12.1 Å². The zero-order valence-electron chi connectivity index (χ0n) is 17.4. The standard InChI is InChI=1S/C25H28N2O3/c1-18(2)16-21(24(28)23-14-9-15-30-23)27-25(29)22(17-19-10-5-3-6-11-19)26-20-12-7-4-8-13-20/h3-15,18,21-22,26H,16-17H2,1-2H3,(H,27,29)/t21-,22-/m0/s1. The Morgan fingerprint density at radius 1 is 0.867 bits per heavy atom. The van der Waals surface area contributed by atoms with Gasteiger partial charge in [0.25, 0.3) is 0 Å². The molecule has 2 atom stereocenters. The maximum atomic E-state index is 13.3. The third-order valence-corrected chi connectivity index (χ3v) is 4.82. The van der Waals surface area contributed by atoms with Crippen molar-refractivity contribution in [2.45, 2.75) is 38.8 Å². The van der Waals surface area contributed by atoms with Crippen molar-refractivity contribution >= 4 is 17.4 Å². The number of amides is 1. The molecule has 0 saturated heterocycles. The molecule has 156 valence electrons. The van der Waals surface area contributed by atoms with Crippen molar-refractivity contribution in [3.63, 3.8) is 0 Å². The normalized spacial score (nSPS) is 12.9. The molecule has 5 nitrogen and oxygen atoms in total. The molecule has 0 aliphatic heterocycles. The van der Waals surface area contributed by atoms with Crippen molar-refractivity contribution in [3.05, 3.63) is 90.4 Å². The van der Waals surface area contributed by atoms with Crippen LogP contribution in [0, 0.1) is 5.92 Å². The van der Waals surface area contributed by atoms with E-state index in [9.17, 15) is 9.59 Å². The second kappa shape index (κ2) is 10.4. The van der Waals surface area contributed by atoms with Gasteiger partial charge in [0, 0.05) is 12.1 Å². The summed E-state index contributed by atoms with van der Waals surface area (Å²) in [4.78, 5) is 26.1. The lowest BCUT2D eigenvalue weighted by molar-refractivity contribution is -0.122. The SMILES string of the molecule is CC(C)C[C@H](NC(=O)[C@H](Cc1ccccc1)Nc1ccccc1)C(=O)c1ccco1. The van der Waals surface area contributed by atoms with Gasteiger partial charge in [-0.15, -0.1) is 0 Å². The lowest BCUT2D eigenvalue weighted by Gasteiger charge is -2.24. The molecule has 30 heavy (non-hydrogen) atoms. The Morgan fingerprint density at radius 2 is 1.53 bits per heavy atom. The van der Waals surface area contributed by atoms with Gasteiger partial charge in [0.15, 0.2) is 5.76 Å². The Morgan fingerprint density at radius 3 is 2.13 bits per heavy atom. The minimum absolute atomic E-state index is 0.208. The first-order valence-corrected chi connectivity index (χ1v) is 10.3. The number of hydrogen-bond acceptors (Lipinski definition) is 4. The van der Waals surface area contributed by atoms with Crippen molar-refractivity contribution in [1.82, 2.24) is 5.32 Å². The molecule has 0 unspecified atom stereocenters. The Labute approximate surface area is 177 Å². The van der Waals surface area contributed by atoms with Gasteiger partial charge in [-0.05, 0) is 42.2 Å². The molecule has 2 N–H and O–H groups in total. The van der Waals surface area contributed by atoms with Gasteiger partial charge in [-0.25, -0.2) is 0 Å². The quantitative estimate of drug-likeness (QED) is 0.480. The van der Waals surface area contributed by atoms with Crippen LogP contribution in [-0.4, -0.2) is 23.8 Å². The molecular weight excluding hydrogens is 376 g/mol. The predicted octanol–water partition coefficient (Wildman–Crippen LogP) is 4.72. The summed E-state index contributed by atoms with van der Waals surface area (Å²) in [5.74, 6) is 0.0777. The van der Waals surface area contributed by atoms with Crippen LogP contribution in [-0.2, 0) is 11.2 Å². The number of nitrogens with one attached hydrogen (secondary N) is 2. The number of para-hydroxylation sites is 1. The van der Waals surface area contributed by atoms with Crippen LogP contribution in [0.1, 0.15) is 36.4 Å². The van der Waals surface area contributed by atoms with Gasteiger partial charge in [-0.3, -0.25) is 9.59 Å². The van der Waals surface area contributed by atoms with Gasteiger partial charge in [-0.1, -0.05) is 62.4 Å². The van der Waals surface area contributed by atoms with Crippen LogP contribution in [0.25, 0.3) is 0 Å². The first-order chi connectivity index (χ1) is 14.5. The highest BCUT2D eigenvalue weighted by Gasteiger charge is 2.28. The molecule has 3 rings (SSSR count). The molecule has 0 saturated carbocycles. The molecule has 2 aromatic carbocycles. The minimum atomic E-state index is -0.639. The third-order valence-electron chi connectivity index (χ3n) is 4.82. The van der Waals surface area contributed by atoms with Crippen LogP contribution in [0.5, 0.6) is 0 Å². The van der Waals surface area contributed by atoms with Crippen molar-refractivity contribution < 1.29 is 14.0 Å². The molecule has 1 heterocycles. The summed E-state index contributed by atoms with van der Waals surface area (Å²) in [5, 5.41) is 6.28. The van der Waals surface area contributed by atoms with Crippen molar-refractivity contribution in [2.75, 3.05) is 5.32 Å². The second-order valence-electron chi connectivity index (χ2n) is 7.78. The van der Waals surface area contributed by atoms with E-state index in [0.29, 0.717) is 12.8 Å². The van der Waals surface area contributed by atoms with E-state index in [4.69, 9.17) is 4.42 Å². The molecule has 0 aliphatic carbocycles. The van der Waals surface area contributed by atoms with Gasteiger partial charge in [0.2, 0.25) is 11.7 Å². The highest BCUT2D eigenvalue weighted by Crippen LogP contribution is 2.15. The number of carbonyl (C=O) groups is 2. The fourth-order valence-electron chi connectivity index (χ4n) is 3.36. The lowest BCUT2D eigenvalue weighted by atomic mass is 9.97. The first kappa shape index (κ1) is 21.4. The Bertz CT molecular complexity index is 880. The van der Waals surface area contributed by atoms with E-state index in [0.717, 1.165) is 11.3 Å². The molecular formula is C25H28N2O3. The van der Waals surface area contributed by atoms with Gasteiger partial charge >= 0.3 is 0 Å². The number of Topliss-reactive ketones (excluding diaryl/α,β-unsaturated/α-hetero) is 1. The summed E-state index contributed by atoms with van der Waals surface area (Å²) in [5.41, 5.74) is 1.89. The average Bonchev–Trinajstić information content (AvgIpc) is 3.28. The van der Waals surface area contributed by atoms with Gasteiger partial charge in [0.05, 0.1) is 12.3 Å². The average molecular weight is 405 g/mol. The summed E-state index contributed by atoms with van der Waals surface area (Å²) in [7, 11) is 0. The largest absolute Gasteiger partial charge is 0.461 e. The van der Waals surface area contributed by atoms with Gasteiger partial charge in [-0.2, -0.15) is 0 Å². The van der Waals surface area contributed by atoms with E-state index in [-0.39, 0.29) is 23.4 Å². The van der Waals surface area contributed by atoms with E-state index >= 15 is 0 Å². The van der Waals surface area contributed by atoms with Crippen LogP contribution in [0.3, 0.4) is 0 Å². The number of carbonyl (C=O) groups excluding carboxylic acids is 2. The highest BCUT2D eigenvalue weighted by atomic mass is 16.3. The van der Waals surface area contributed by atoms with E-state index in [2.05, 4.69) is 10.6 Å². The molecule has 0 fully saturated rings. The fourth-order valence-corrected chi connectivity index (χ4v) is 3.36. The van der Waals surface area contributed by atoms with Crippen LogP contribution >= 0.6 is 0 Å². The fraction of sp³-hybridized carbons (Fsp3) is 0.280. The van der Waals surface area contributed by atoms with E-state index in [1.54, 1.807) is 12.1 Å². The van der Waals surface area contributed by atoms with E-state index in [1.807, 2.05) is 74.5 Å². The summed E-state index contributed by atoms with van der Waals surface area (Å²) < 4.78 is 5.27. The predicted molar refractivity (Wildman–Crippen MR) is 118 cm³/mol. The van der Waals surface area contributed by atoms with Crippen molar-refractivity contribution in [2.24, 2.45) is 5.92 Å². The number of hydrogen-bond donors (Lipinski definition) is 2. The van der Waals surface area contributed by atoms with Crippen LogP contribution in [0.15, 0.2) is 83.5 Å². The zero-order valence-corrected chi connectivity index (χ0v) is 17.4. The molecule has 3 aromatic rings. The maximum absolute atomic E-state index is 13.3. The molecule has 0 bridgehead atoms. The molecule has 0 aliphatic rings. The topological polar surface area (TPSA) is 71.3 Å². The minimum Gasteiger partial charge on any atom is -0.461 e. The molecule has 1 amide bonds. The zero-order chi connectivity index (χ0) is 21.3. The van der Waals surface area contributed by atoms with Crippen molar-refractivity contribution in [3.8, 4) is 0 Å². The molecule has 0 radical (unpaired) electrons. The second-order valence-corrected chi connectivity index (χ2v) is 7.78. The van der Waals surface area contributed by atoms with Gasteiger partial charge < -0.3 is 15.1 Å². The van der Waals surface area contributed by atoms with E-state index in [1.165, 1.54) is 6.26 Å². The summed E-state index contributed by atoms with van der Waals surface area (Å²) >= 11 is 0. The number of rotatable bonds is 10. The molecule has 1 aromatic heterocycles. The molecule has 5 heteroatoms. The number of anilines is 1. The third kappa shape index (κ3) is 6.08. The highest BCUT2D eigenvalue weighted by molar-refractivity contribution is 6.00. The maximum Gasteiger partial charge on any atom is 0.243 e.